The first-order chi connectivity index (χ1) is 5.16. The summed E-state index contributed by atoms with van der Waals surface area (Å²) >= 11 is 0. The summed E-state index contributed by atoms with van der Waals surface area (Å²) < 4.78 is 5.22. The molecule has 1 aliphatic carbocycles. The number of methoxy groups -OCH3 is 1. The average Bonchev–Trinajstić information content (AvgIpc) is 1.97. The van der Waals surface area contributed by atoms with Gasteiger partial charge in [0.1, 0.15) is 0 Å². The number of hydrogen-bond donors (Lipinski definition) is 0. The van der Waals surface area contributed by atoms with Gasteiger partial charge in [0, 0.05) is 7.11 Å². The molecule has 0 aromatic carbocycles. The Labute approximate surface area is 70.1 Å². The third-order valence-corrected chi connectivity index (χ3v) is 2.97. The van der Waals surface area contributed by atoms with Crippen molar-refractivity contribution in [1.29, 1.82) is 0 Å². The Bertz CT molecular complexity index is 112. The smallest absolute Gasteiger partial charge is 0.0515 e. The van der Waals surface area contributed by atoms with Gasteiger partial charge < -0.3 is 4.74 Å². The zero-order valence-electron chi connectivity index (χ0n) is 8.02. The highest BCUT2D eigenvalue weighted by molar-refractivity contribution is 4.80. The van der Waals surface area contributed by atoms with E-state index in [-0.39, 0.29) is 0 Å². The Morgan fingerprint density at radius 3 is 2.36 bits per heavy atom. The van der Waals surface area contributed by atoms with Gasteiger partial charge in [-0.05, 0) is 24.2 Å². The van der Waals surface area contributed by atoms with Crippen molar-refractivity contribution in [2.45, 2.75) is 39.5 Å². The van der Waals surface area contributed by atoms with Crippen LogP contribution in [0.4, 0.5) is 0 Å². The van der Waals surface area contributed by atoms with Gasteiger partial charge in [0.15, 0.2) is 0 Å². The van der Waals surface area contributed by atoms with E-state index in [1.807, 2.05) is 7.11 Å². The zero-order valence-corrected chi connectivity index (χ0v) is 8.02. The second-order valence-corrected chi connectivity index (χ2v) is 4.43. The van der Waals surface area contributed by atoms with Crippen LogP contribution in [0.25, 0.3) is 0 Å². The van der Waals surface area contributed by atoms with Gasteiger partial charge >= 0.3 is 0 Å². The minimum Gasteiger partial charge on any atom is -0.384 e. The van der Waals surface area contributed by atoms with Gasteiger partial charge in [-0.1, -0.05) is 26.7 Å². The van der Waals surface area contributed by atoms with E-state index < -0.39 is 0 Å². The van der Waals surface area contributed by atoms with Crippen molar-refractivity contribution in [3.8, 4) is 0 Å². The summed E-state index contributed by atoms with van der Waals surface area (Å²) in [6.07, 6.45) is 5.48. The fraction of sp³-hybridized carbons (Fsp3) is 1.00. The van der Waals surface area contributed by atoms with Crippen molar-refractivity contribution in [2.75, 3.05) is 13.7 Å². The minimum atomic E-state index is 0.487. The molecule has 1 saturated carbocycles. The molecule has 0 unspecified atom stereocenters. The zero-order chi connectivity index (χ0) is 8.32. The Kier molecular flexibility index (Phi) is 2.94. The van der Waals surface area contributed by atoms with Gasteiger partial charge in [-0.2, -0.15) is 0 Å². The van der Waals surface area contributed by atoms with E-state index in [9.17, 15) is 0 Å². The Balaban J connectivity index is 2.35. The fourth-order valence-electron chi connectivity index (χ4n) is 1.95. The van der Waals surface area contributed by atoms with Gasteiger partial charge in [-0.25, -0.2) is 0 Å². The first kappa shape index (κ1) is 9.05. The van der Waals surface area contributed by atoms with Crippen LogP contribution < -0.4 is 0 Å². The lowest BCUT2D eigenvalue weighted by atomic mass is 9.73. The predicted octanol–water partition coefficient (Wildman–Crippen LogP) is 2.85. The Morgan fingerprint density at radius 1 is 1.36 bits per heavy atom. The average molecular weight is 156 g/mol. The van der Waals surface area contributed by atoms with Crippen LogP contribution in [0.3, 0.4) is 0 Å². The lowest BCUT2D eigenvalue weighted by molar-refractivity contribution is 0.0519. The molecule has 0 N–H and O–H groups in total. The van der Waals surface area contributed by atoms with Gasteiger partial charge in [-0.15, -0.1) is 0 Å². The third kappa shape index (κ3) is 2.48. The molecule has 0 aliphatic heterocycles. The molecule has 0 aromatic heterocycles. The standard InChI is InChI=1S/C10H20O/c1-9-4-6-10(2,7-5-9)8-11-3/h9H,4-8H2,1-3H3/t9-,10-. The van der Waals surface area contributed by atoms with E-state index in [0.29, 0.717) is 5.41 Å². The van der Waals surface area contributed by atoms with Crippen LogP contribution >= 0.6 is 0 Å². The molecule has 66 valence electrons. The molecule has 0 amide bonds. The summed E-state index contributed by atoms with van der Waals surface area (Å²) in [6, 6.07) is 0. The van der Waals surface area contributed by atoms with Crippen molar-refractivity contribution in [2.24, 2.45) is 11.3 Å². The molecule has 1 heteroatoms. The third-order valence-electron chi connectivity index (χ3n) is 2.97. The molecule has 1 nitrogen and oxygen atoms in total. The van der Waals surface area contributed by atoms with Crippen LogP contribution in [-0.4, -0.2) is 13.7 Å². The molecule has 0 aromatic rings. The van der Waals surface area contributed by atoms with Gasteiger partial charge in [0.2, 0.25) is 0 Å². The number of hydrogen-bond acceptors (Lipinski definition) is 1. The Morgan fingerprint density at radius 2 is 1.91 bits per heavy atom. The molecule has 1 fully saturated rings. The van der Waals surface area contributed by atoms with E-state index in [2.05, 4.69) is 13.8 Å². The lowest BCUT2D eigenvalue weighted by Gasteiger charge is -2.35. The second kappa shape index (κ2) is 3.57. The fourth-order valence-corrected chi connectivity index (χ4v) is 1.95. The van der Waals surface area contributed by atoms with Crippen LogP contribution in [0.2, 0.25) is 0 Å². The monoisotopic (exact) mass is 156 g/mol. The summed E-state index contributed by atoms with van der Waals surface area (Å²) in [5.41, 5.74) is 0.487. The van der Waals surface area contributed by atoms with E-state index in [1.54, 1.807) is 0 Å². The molecular formula is C10H20O. The maximum absolute atomic E-state index is 5.22. The van der Waals surface area contributed by atoms with Crippen LogP contribution in [0, 0.1) is 11.3 Å². The molecule has 0 spiro atoms. The molecule has 0 atom stereocenters. The minimum absolute atomic E-state index is 0.487. The maximum Gasteiger partial charge on any atom is 0.0515 e. The van der Waals surface area contributed by atoms with E-state index in [0.717, 1.165) is 12.5 Å². The highest BCUT2D eigenvalue weighted by Gasteiger charge is 2.29. The van der Waals surface area contributed by atoms with Crippen LogP contribution in [0.15, 0.2) is 0 Å². The molecule has 1 rings (SSSR count). The summed E-state index contributed by atoms with van der Waals surface area (Å²) in [5, 5.41) is 0. The van der Waals surface area contributed by atoms with E-state index in [1.165, 1.54) is 25.7 Å². The molecule has 0 radical (unpaired) electrons. The first-order valence-corrected chi connectivity index (χ1v) is 4.65. The molecular weight excluding hydrogens is 136 g/mol. The number of rotatable bonds is 2. The highest BCUT2D eigenvalue weighted by atomic mass is 16.5. The van der Waals surface area contributed by atoms with Crippen LogP contribution in [0.5, 0.6) is 0 Å². The summed E-state index contributed by atoms with van der Waals surface area (Å²) in [4.78, 5) is 0. The predicted molar refractivity (Wildman–Crippen MR) is 47.6 cm³/mol. The van der Waals surface area contributed by atoms with Crippen LogP contribution in [-0.2, 0) is 4.74 Å². The normalized spacial score (nSPS) is 39.0. The number of ether oxygens (including phenoxy) is 1. The quantitative estimate of drug-likeness (QED) is 0.597. The Hall–Kier alpha value is -0.0400. The molecule has 11 heavy (non-hydrogen) atoms. The van der Waals surface area contributed by atoms with E-state index in [4.69, 9.17) is 4.74 Å². The second-order valence-electron chi connectivity index (χ2n) is 4.43. The lowest BCUT2D eigenvalue weighted by Crippen LogP contribution is -2.27. The van der Waals surface area contributed by atoms with Gasteiger partial charge in [0.05, 0.1) is 6.61 Å². The SMILES string of the molecule is COC[C@]1(C)CC[C@@H](C)CC1. The molecule has 1 aliphatic rings. The largest absolute Gasteiger partial charge is 0.384 e. The topological polar surface area (TPSA) is 9.23 Å². The van der Waals surface area contributed by atoms with Gasteiger partial charge in [-0.3, -0.25) is 0 Å². The van der Waals surface area contributed by atoms with Crippen molar-refractivity contribution in [3.63, 3.8) is 0 Å². The summed E-state index contributed by atoms with van der Waals surface area (Å²) in [5.74, 6) is 0.944. The molecule has 0 saturated heterocycles. The van der Waals surface area contributed by atoms with Crippen molar-refractivity contribution >= 4 is 0 Å². The van der Waals surface area contributed by atoms with Gasteiger partial charge in [0.25, 0.3) is 0 Å². The van der Waals surface area contributed by atoms with Crippen molar-refractivity contribution in [3.05, 3.63) is 0 Å². The van der Waals surface area contributed by atoms with Crippen molar-refractivity contribution < 1.29 is 4.74 Å². The molecule has 0 heterocycles. The molecule has 0 bridgehead atoms. The first-order valence-electron chi connectivity index (χ1n) is 4.65. The maximum atomic E-state index is 5.22. The van der Waals surface area contributed by atoms with Crippen molar-refractivity contribution in [1.82, 2.24) is 0 Å². The highest BCUT2D eigenvalue weighted by Crippen LogP contribution is 2.38. The van der Waals surface area contributed by atoms with E-state index >= 15 is 0 Å². The van der Waals surface area contributed by atoms with Crippen LogP contribution in [0.1, 0.15) is 39.5 Å². The summed E-state index contributed by atoms with van der Waals surface area (Å²) in [7, 11) is 1.81. The summed E-state index contributed by atoms with van der Waals surface area (Å²) in [6.45, 7) is 5.65.